The predicted octanol–water partition coefficient (Wildman–Crippen LogP) is 2.06. The van der Waals surface area contributed by atoms with Crippen LogP contribution in [-0.2, 0) is 4.74 Å². The number of aliphatic hydroxyl groups is 1. The molecule has 13 heavy (non-hydrogen) atoms. The molecule has 1 saturated heterocycles. The van der Waals surface area contributed by atoms with Gasteiger partial charge in [-0.15, -0.1) is 0 Å². The molecule has 0 aromatic carbocycles. The van der Waals surface area contributed by atoms with Gasteiger partial charge in [0.1, 0.15) is 0 Å². The standard InChI is InChI=1S/C11H22O2/c1-5-11-9(4)7(2)8(3)10(12)6-13-11/h7-12H,5-6H2,1-4H3/t7?,8?,9?,10-,11?/m0/s1. The molecule has 1 fully saturated rings. The fourth-order valence-corrected chi connectivity index (χ4v) is 2.18. The van der Waals surface area contributed by atoms with Gasteiger partial charge in [-0.05, 0) is 24.2 Å². The second-order valence-corrected chi connectivity index (χ2v) is 4.42. The van der Waals surface area contributed by atoms with Crippen molar-refractivity contribution in [3.63, 3.8) is 0 Å². The normalized spacial score (nSPS) is 47.3. The Balaban J connectivity index is 2.69. The first-order valence-corrected chi connectivity index (χ1v) is 5.37. The minimum atomic E-state index is -0.283. The molecule has 2 heteroatoms. The van der Waals surface area contributed by atoms with Gasteiger partial charge < -0.3 is 9.84 Å². The van der Waals surface area contributed by atoms with Crippen molar-refractivity contribution in [1.29, 1.82) is 0 Å². The van der Waals surface area contributed by atoms with Gasteiger partial charge in [-0.1, -0.05) is 27.7 Å². The Kier molecular flexibility index (Phi) is 3.74. The Morgan fingerprint density at radius 1 is 1.15 bits per heavy atom. The van der Waals surface area contributed by atoms with Crippen molar-refractivity contribution in [1.82, 2.24) is 0 Å². The summed E-state index contributed by atoms with van der Waals surface area (Å²) in [5.74, 6) is 1.45. The molecule has 5 atom stereocenters. The highest BCUT2D eigenvalue weighted by Gasteiger charge is 2.33. The minimum absolute atomic E-state index is 0.283. The maximum Gasteiger partial charge on any atom is 0.0801 e. The lowest BCUT2D eigenvalue weighted by Gasteiger charge is -2.27. The predicted molar refractivity (Wildman–Crippen MR) is 53.5 cm³/mol. The molecule has 2 nitrogen and oxygen atoms in total. The molecule has 0 amide bonds. The number of hydrogen-bond acceptors (Lipinski definition) is 2. The van der Waals surface area contributed by atoms with E-state index in [1.54, 1.807) is 0 Å². The summed E-state index contributed by atoms with van der Waals surface area (Å²) in [4.78, 5) is 0. The molecule has 0 aromatic heterocycles. The lowest BCUT2D eigenvalue weighted by molar-refractivity contribution is -0.0171. The van der Waals surface area contributed by atoms with Crippen LogP contribution >= 0.6 is 0 Å². The Morgan fingerprint density at radius 3 is 2.31 bits per heavy atom. The molecule has 0 bridgehead atoms. The van der Waals surface area contributed by atoms with Crippen molar-refractivity contribution in [2.75, 3.05) is 6.61 Å². The van der Waals surface area contributed by atoms with E-state index in [1.165, 1.54) is 0 Å². The van der Waals surface area contributed by atoms with E-state index in [0.29, 0.717) is 30.5 Å². The van der Waals surface area contributed by atoms with Crippen LogP contribution in [0.15, 0.2) is 0 Å². The third-order valence-electron chi connectivity index (χ3n) is 3.74. The number of ether oxygens (including phenoxy) is 1. The third kappa shape index (κ3) is 2.23. The van der Waals surface area contributed by atoms with Gasteiger partial charge in [0.05, 0.1) is 18.8 Å². The smallest absolute Gasteiger partial charge is 0.0801 e. The maximum absolute atomic E-state index is 9.73. The zero-order valence-corrected chi connectivity index (χ0v) is 9.16. The van der Waals surface area contributed by atoms with Crippen molar-refractivity contribution in [2.24, 2.45) is 17.8 Å². The Morgan fingerprint density at radius 2 is 1.77 bits per heavy atom. The molecule has 1 heterocycles. The van der Waals surface area contributed by atoms with Crippen molar-refractivity contribution in [3.05, 3.63) is 0 Å². The summed E-state index contributed by atoms with van der Waals surface area (Å²) in [5, 5.41) is 9.73. The van der Waals surface area contributed by atoms with E-state index in [0.717, 1.165) is 6.42 Å². The molecule has 0 radical (unpaired) electrons. The van der Waals surface area contributed by atoms with Crippen molar-refractivity contribution in [2.45, 2.75) is 46.3 Å². The molecule has 4 unspecified atom stereocenters. The van der Waals surface area contributed by atoms with Gasteiger partial charge in [0.25, 0.3) is 0 Å². The molecule has 0 aliphatic carbocycles. The lowest BCUT2D eigenvalue weighted by Crippen LogP contribution is -2.28. The van der Waals surface area contributed by atoms with E-state index < -0.39 is 0 Å². The Hall–Kier alpha value is -0.0800. The molecule has 0 aromatic rings. The summed E-state index contributed by atoms with van der Waals surface area (Å²) in [6, 6.07) is 0. The van der Waals surface area contributed by atoms with Gasteiger partial charge in [-0.3, -0.25) is 0 Å². The largest absolute Gasteiger partial charge is 0.390 e. The van der Waals surface area contributed by atoms with Gasteiger partial charge in [0.15, 0.2) is 0 Å². The summed E-state index contributed by atoms with van der Waals surface area (Å²) in [7, 11) is 0. The maximum atomic E-state index is 9.73. The summed E-state index contributed by atoms with van der Waals surface area (Å²) in [5.41, 5.74) is 0. The highest BCUT2D eigenvalue weighted by molar-refractivity contribution is 4.82. The number of hydrogen-bond donors (Lipinski definition) is 1. The fourth-order valence-electron chi connectivity index (χ4n) is 2.18. The zero-order chi connectivity index (χ0) is 10.0. The lowest BCUT2D eigenvalue weighted by atomic mass is 9.80. The van der Waals surface area contributed by atoms with E-state index in [1.807, 2.05) is 0 Å². The molecule has 1 rings (SSSR count). The van der Waals surface area contributed by atoms with Crippen LogP contribution in [0, 0.1) is 17.8 Å². The number of aliphatic hydroxyl groups excluding tert-OH is 1. The van der Waals surface area contributed by atoms with Crippen LogP contribution in [0.3, 0.4) is 0 Å². The first-order valence-electron chi connectivity index (χ1n) is 5.37. The highest BCUT2D eigenvalue weighted by Crippen LogP contribution is 2.31. The number of rotatable bonds is 1. The molecule has 0 spiro atoms. The van der Waals surface area contributed by atoms with E-state index in [-0.39, 0.29) is 6.10 Å². The topological polar surface area (TPSA) is 29.5 Å². The van der Waals surface area contributed by atoms with Crippen LogP contribution in [0.25, 0.3) is 0 Å². The third-order valence-corrected chi connectivity index (χ3v) is 3.74. The van der Waals surface area contributed by atoms with Gasteiger partial charge >= 0.3 is 0 Å². The second-order valence-electron chi connectivity index (χ2n) is 4.42. The summed E-state index contributed by atoms with van der Waals surface area (Å²) in [6.45, 7) is 9.22. The van der Waals surface area contributed by atoms with Crippen LogP contribution < -0.4 is 0 Å². The summed E-state index contributed by atoms with van der Waals surface area (Å²) < 4.78 is 5.67. The van der Waals surface area contributed by atoms with E-state index in [4.69, 9.17) is 4.74 Å². The van der Waals surface area contributed by atoms with E-state index in [9.17, 15) is 5.11 Å². The van der Waals surface area contributed by atoms with Crippen LogP contribution in [0.1, 0.15) is 34.1 Å². The zero-order valence-electron chi connectivity index (χ0n) is 9.16. The molecular weight excluding hydrogens is 164 g/mol. The monoisotopic (exact) mass is 186 g/mol. The molecule has 1 aliphatic heterocycles. The molecule has 0 saturated carbocycles. The average molecular weight is 186 g/mol. The molecule has 1 N–H and O–H groups in total. The minimum Gasteiger partial charge on any atom is -0.390 e. The van der Waals surface area contributed by atoms with Gasteiger partial charge in [-0.2, -0.15) is 0 Å². The molecule has 1 aliphatic rings. The van der Waals surface area contributed by atoms with Crippen molar-refractivity contribution < 1.29 is 9.84 Å². The SMILES string of the molecule is CCC1OC[C@H](O)C(C)C(C)C1C. The van der Waals surface area contributed by atoms with E-state index in [2.05, 4.69) is 27.7 Å². The van der Waals surface area contributed by atoms with Gasteiger partial charge in [0.2, 0.25) is 0 Å². The summed E-state index contributed by atoms with van der Waals surface area (Å²) >= 11 is 0. The van der Waals surface area contributed by atoms with Crippen molar-refractivity contribution in [3.8, 4) is 0 Å². The molecule has 78 valence electrons. The van der Waals surface area contributed by atoms with Gasteiger partial charge in [0, 0.05) is 0 Å². The Labute approximate surface area is 81.3 Å². The van der Waals surface area contributed by atoms with Gasteiger partial charge in [-0.25, -0.2) is 0 Å². The Bertz CT molecular complexity index is 156. The van der Waals surface area contributed by atoms with Crippen molar-refractivity contribution >= 4 is 0 Å². The fraction of sp³-hybridized carbons (Fsp3) is 1.00. The van der Waals surface area contributed by atoms with Crippen LogP contribution in [0.5, 0.6) is 0 Å². The van der Waals surface area contributed by atoms with E-state index >= 15 is 0 Å². The second kappa shape index (κ2) is 4.43. The highest BCUT2D eigenvalue weighted by atomic mass is 16.5. The first-order chi connectivity index (χ1) is 6.07. The van der Waals surface area contributed by atoms with Crippen LogP contribution in [0.4, 0.5) is 0 Å². The average Bonchev–Trinajstić information content (AvgIpc) is 2.22. The van der Waals surface area contributed by atoms with Crippen LogP contribution in [0.2, 0.25) is 0 Å². The first kappa shape index (κ1) is 11.0. The molecular formula is C11H22O2. The van der Waals surface area contributed by atoms with Crippen LogP contribution in [-0.4, -0.2) is 23.9 Å². The summed E-state index contributed by atoms with van der Waals surface area (Å²) in [6.07, 6.45) is 1.09. The quantitative estimate of drug-likeness (QED) is 0.679.